The van der Waals surface area contributed by atoms with E-state index in [9.17, 15) is 13.2 Å². The number of nitrogens with zero attached hydrogens (tertiary/aromatic N) is 1. The highest BCUT2D eigenvalue weighted by Gasteiger charge is 2.54. The molecule has 0 bridgehead atoms. The van der Waals surface area contributed by atoms with E-state index < -0.39 is 20.7 Å². The summed E-state index contributed by atoms with van der Waals surface area (Å²) in [5.74, 6) is 0.128. The van der Waals surface area contributed by atoms with Crippen molar-refractivity contribution in [3.63, 3.8) is 0 Å². The molecule has 0 aliphatic carbocycles. The van der Waals surface area contributed by atoms with Crippen molar-refractivity contribution in [1.29, 1.82) is 0 Å². The molecule has 1 saturated heterocycles. The first kappa shape index (κ1) is 20.5. The van der Waals surface area contributed by atoms with Gasteiger partial charge in [0.1, 0.15) is 5.75 Å². The van der Waals surface area contributed by atoms with E-state index >= 15 is 0 Å². The summed E-state index contributed by atoms with van der Waals surface area (Å²) in [7, 11) is -3.88. The highest BCUT2D eigenvalue weighted by atomic mass is 35.5. The Hall–Kier alpha value is -2.25. The smallest absolute Gasteiger partial charge is 0.249 e. The third-order valence-electron chi connectivity index (χ3n) is 4.73. The molecule has 1 aliphatic rings. The third-order valence-corrected chi connectivity index (χ3v) is 7.48. The minimum absolute atomic E-state index is 0.0434. The number of rotatable bonds is 5. The molecule has 28 heavy (non-hydrogen) atoms. The molecule has 8 heteroatoms. The number of sulfonamides is 1. The Morgan fingerprint density at radius 1 is 1.14 bits per heavy atom. The van der Waals surface area contributed by atoms with Crippen LogP contribution in [0.5, 0.6) is 5.75 Å². The number of halogens is 1. The van der Waals surface area contributed by atoms with Crippen molar-refractivity contribution in [2.45, 2.75) is 38.0 Å². The summed E-state index contributed by atoms with van der Waals surface area (Å²) in [6, 6.07) is 13.4. The Kier molecular flexibility index (Phi) is 5.59. The molecule has 1 atom stereocenters. The number of carbonyl (C=O) groups is 1. The second-order valence-corrected chi connectivity index (χ2v) is 9.91. The molecular formula is C20H23ClN2O4S. The Labute approximate surface area is 170 Å². The van der Waals surface area contributed by atoms with Gasteiger partial charge in [-0.25, -0.2) is 8.42 Å². The predicted molar refractivity (Wildman–Crippen MR) is 112 cm³/mol. The molecule has 150 valence electrons. The minimum atomic E-state index is -3.88. The summed E-state index contributed by atoms with van der Waals surface area (Å²) < 4.78 is 31.5. The van der Waals surface area contributed by atoms with Crippen molar-refractivity contribution in [3.05, 3.63) is 53.6 Å². The molecule has 0 radical (unpaired) electrons. The first-order valence-electron chi connectivity index (χ1n) is 8.99. The van der Waals surface area contributed by atoms with Crippen LogP contribution in [-0.4, -0.2) is 31.7 Å². The molecule has 3 rings (SSSR count). The number of nitrogens with one attached hydrogen (secondary N) is 1. The second-order valence-electron chi connectivity index (χ2n) is 7.18. The fourth-order valence-electron chi connectivity index (χ4n) is 3.07. The fourth-order valence-corrected chi connectivity index (χ4v) is 5.04. The van der Waals surface area contributed by atoms with Crippen molar-refractivity contribution in [3.8, 4) is 5.75 Å². The molecule has 2 aromatic carbocycles. The van der Waals surface area contributed by atoms with Gasteiger partial charge in [0.2, 0.25) is 15.9 Å². The topological polar surface area (TPSA) is 75.7 Å². The van der Waals surface area contributed by atoms with Gasteiger partial charge in [0.15, 0.2) is 4.75 Å². The van der Waals surface area contributed by atoms with Gasteiger partial charge in [-0.1, -0.05) is 11.6 Å². The highest BCUT2D eigenvalue weighted by molar-refractivity contribution is 7.95. The zero-order valence-electron chi connectivity index (χ0n) is 16.0. The number of hydrogen-bond donors (Lipinski definition) is 1. The van der Waals surface area contributed by atoms with Gasteiger partial charge in [-0.3, -0.25) is 9.10 Å². The number of benzene rings is 2. The molecule has 0 saturated carbocycles. The van der Waals surface area contributed by atoms with Crippen molar-refractivity contribution < 1.29 is 17.9 Å². The summed E-state index contributed by atoms with van der Waals surface area (Å²) in [6.45, 7) is 5.54. The summed E-state index contributed by atoms with van der Waals surface area (Å²) in [5.41, 5.74) is 1.01. The van der Waals surface area contributed by atoms with Gasteiger partial charge in [0, 0.05) is 17.3 Å². The number of anilines is 2. The molecule has 1 N–H and O–H groups in total. The van der Waals surface area contributed by atoms with Crippen LogP contribution < -0.4 is 14.4 Å². The van der Waals surface area contributed by atoms with Crippen LogP contribution in [0.2, 0.25) is 5.02 Å². The maximum absolute atomic E-state index is 13.1. The Bertz CT molecular complexity index is 959. The van der Waals surface area contributed by atoms with E-state index in [4.69, 9.17) is 16.3 Å². The standard InChI is InChI=1S/C20H23ClN2O4S/c1-14(2)27-18-10-6-16(7-11-18)22-19(24)20(3)12-13-23(28(20,25)26)17-8-4-15(21)5-9-17/h4-11,14H,12-13H2,1-3H3,(H,22,24)/t20-/m1/s1. The molecule has 1 aliphatic heterocycles. The molecule has 2 aromatic rings. The average molecular weight is 423 g/mol. The van der Waals surface area contributed by atoms with E-state index in [2.05, 4.69) is 5.32 Å². The van der Waals surface area contributed by atoms with Crippen molar-refractivity contribution in [2.24, 2.45) is 0 Å². The molecule has 1 fully saturated rings. The lowest BCUT2D eigenvalue weighted by atomic mass is 10.1. The molecule has 0 spiro atoms. The minimum Gasteiger partial charge on any atom is -0.491 e. The van der Waals surface area contributed by atoms with E-state index in [-0.39, 0.29) is 19.1 Å². The molecular weight excluding hydrogens is 400 g/mol. The molecule has 1 amide bonds. The lowest BCUT2D eigenvalue weighted by Crippen LogP contribution is -2.47. The van der Waals surface area contributed by atoms with E-state index in [1.54, 1.807) is 48.5 Å². The maximum Gasteiger partial charge on any atom is 0.249 e. The normalized spacial score (nSPS) is 21.0. The fraction of sp³-hybridized carbons (Fsp3) is 0.350. The van der Waals surface area contributed by atoms with Gasteiger partial charge < -0.3 is 10.1 Å². The van der Waals surface area contributed by atoms with E-state index in [1.807, 2.05) is 13.8 Å². The number of amides is 1. The van der Waals surface area contributed by atoms with Gasteiger partial charge in [-0.15, -0.1) is 0 Å². The van der Waals surface area contributed by atoms with Crippen LogP contribution >= 0.6 is 11.6 Å². The summed E-state index contributed by atoms with van der Waals surface area (Å²) >= 11 is 5.88. The highest BCUT2D eigenvalue weighted by Crippen LogP contribution is 2.37. The van der Waals surface area contributed by atoms with Crippen LogP contribution in [0.1, 0.15) is 27.2 Å². The Balaban J connectivity index is 1.78. The van der Waals surface area contributed by atoms with E-state index in [1.165, 1.54) is 11.2 Å². The predicted octanol–water partition coefficient (Wildman–Crippen LogP) is 4.06. The monoisotopic (exact) mass is 422 g/mol. The van der Waals surface area contributed by atoms with Crippen LogP contribution in [0.25, 0.3) is 0 Å². The van der Waals surface area contributed by atoms with Crippen molar-refractivity contribution in [2.75, 3.05) is 16.2 Å². The summed E-state index contributed by atoms with van der Waals surface area (Å²) in [5, 5.41) is 3.24. The SMILES string of the molecule is CC(C)Oc1ccc(NC(=O)[C@@]2(C)CCN(c3ccc(Cl)cc3)S2(=O)=O)cc1. The number of ether oxygens (including phenoxy) is 1. The quantitative estimate of drug-likeness (QED) is 0.788. The zero-order chi connectivity index (χ0) is 20.5. The molecule has 0 aromatic heterocycles. The van der Waals surface area contributed by atoms with Crippen molar-refractivity contribution >= 4 is 38.9 Å². The van der Waals surface area contributed by atoms with E-state index in [0.717, 1.165) is 0 Å². The van der Waals surface area contributed by atoms with Crippen LogP contribution in [0.3, 0.4) is 0 Å². The second kappa shape index (κ2) is 7.64. The van der Waals surface area contributed by atoms with Crippen molar-refractivity contribution in [1.82, 2.24) is 0 Å². The Morgan fingerprint density at radius 2 is 1.75 bits per heavy atom. The van der Waals surface area contributed by atoms with Gasteiger partial charge in [0.05, 0.1) is 11.8 Å². The lowest BCUT2D eigenvalue weighted by Gasteiger charge is -2.25. The first-order chi connectivity index (χ1) is 13.1. The van der Waals surface area contributed by atoms with Crippen LogP contribution in [0.4, 0.5) is 11.4 Å². The summed E-state index contributed by atoms with van der Waals surface area (Å²) in [4.78, 5) is 12.9. The number of hydrogen-bond acceptors (Lipinski definition) is 4. The van der Waals surface area contributed by atoms with Crippen LogP contribution in [-0.2, 0) is 14.8 Å². The van der Waals surface area contributed by atoms with E-state index in [0.29, 0.717) is 22.1 Å². The van der Waals surface area contributed by atoms with Crippen LogP contribution in [0.15, 0.2) is 48.5 Å². The lowest BCUT2D eigenvalue weighted by molar-refractivity contribution is -0.118. The maximum atomic E-state index is 13.1. The largest absolute Gasteiger partial charge is 0.491 e. The van der Waals surface area contributed by atoms with Gasteiger partial charge >= 0.3 is 0 Å². The van der Waals surface area contributed by atoms with Gasteiger partial charge in [-0.05, 0) is 75.7 Å². The third kappa shape index (κ3) is 3.82. The zero-order valence-corrected chi connectivity index (χ0v) is 17.5. The van der Waals surface area contributed by atoms with Gasteiger partial charge in [-0.2, -0.15) is 0 Å². The molecule has 0 unspecified atom stereocenters. The average Bonchev–Trinajstić information content (AvgIpc) is 2.88. The summed E-state index contributed by atoms with van der Waals surface area (Å²) in [6.07, 6.45) is 0.236. The molecule has 1 heterocycles. The van der Waals surface area contributed by atoms with Crippen LogP contribution in [0, 0.1) is 0 Å². The number of carbonyl (C=O) groups excluding carboxylic acids is 1. The Morgan fingerprint density at radius 3 is 2.32 bits per heavy atom. The van der Waals surface area contributed by atoms with Gasteiger partial charge in [0.25, 0.3) is 0 Å². The first-order valence-corrected chi connectivity index (χ1v) is 10.8. The molecule has 6 nitrogen and oxygen atoms in total.